The van der Waals surface area contributed by atoms with Crippen LogP contribution in [-0.2, 0) is 0 Å². The Balaban J connectivity index is 2.03. The number of nitrogens with zero attached hydrogens (tertiary/aromatic N) is 3. The minimum Gasteiger partial charge on any atom is -0.382 e. The van der Waals surface area contributed by atoms with E-state index in [-0.39, 0.29) is 5.15 Å². The summed E-state index contributed by atoms with van der Waals surface area (Å²) in [6.45, 7) is 0. The van der Waals surface area contributed by atoms with Gasteiger partial charge in [0.05, 0.1) is 11.9 Å². The Morgan fingerprint density at radius 3 is 3.00 bits per heavy atom. The lowest BCUT2D eigenvalue weighted by Gasteiger charge is -1.98. The summed E-state index contributed by atoms with van der Waals surface area (Å²) in [7, 11) is 0. The molecule has 0 radical (unpaired) electrons. The molecule has 0 atom stereocenters. The number of nitrogens with two attached hydrogens (primary N) is 1. The van der Waals surface area contributed by atoms with Gasteiger partial charge in [-0.15, -0.1) is 0 Å². The molecule has 1 fully saturated rings. The van der Waals surface area contributed by atoms with Crippen LogP contribution in [-0.4, -0.2) is 15.1 Å². The van der Waals surface area contributed by atoms with Gasteiger partial charge in [0, 0.05) is 12.0 Å². The van der Waals surface area contributed by atoms with Crippen molar-refractivity contribution in [3.63, 3.8) is 0 Å². The van der Waals surface area contributed by atoms with Gasteiger partial charge in [0.15, 0.2) is 17.3 Å². The smallest absolute Gasteiger partial charge is 0.189 e. The highest BCUT2D eigenvalue weighted by Gasteiger charge is 2.27. The highest BCUT2D eigenvalue weighted by atomic mass is 35.5. The van der Waals surface area contributed by atoms with E-state index in [1.807, 2.05) is 6.07 Å². The second kappa shape index (κ2) is 3.45. The van der Waals surface area contributed by atoms with Crippen LogP contribution in [0, 0.1) is 0 Å². The fraction of sp³-hybridized carbons (Fsp3) is 0.300. The van der Waals surface area contributed by atoms with Crippen LogP contribution in [0.1, 0.15) is 24.5 Å². The Labute approximate surface area is 96.6 Å². The van der Waals surface area contributed by atoms with Gasteiger partial charge in [-0.1, -0.05) is 16.8 Å². The van der Waals surface area contributed by atoms with Crippen molar-refractivity contribution in [2.75, 3.05) is 5.73 Å². The molecule has 2 aromatic heterocycles. The van der Waals surface area contributed by atoms with Gasteiger partial charge in [0.1, 0.15) is 5.15 Å². The topological polar surface area (TPSA) is 77.8 Å². The number of rotatable bonds is 2. The Bertz CT molecular complexity index is 535. The van der Waals surface area contributed by atoms with E-state index in [9.17, 15) is 0 Å². The molecule has 0 bridgehead atoms. The predicted octanol–water partition coefficient (Wildman–Crippen LogP) is 2.24. The first-order valence-electron chi connectivity index (χ1n) is 4.99. The summed E-state index contributed by atoms with van der Waals surface area (Å²) in [5.74, 6) is 1.35. The van der Waals surface area contributed by atoms with Gasteiger partial charge in [-0.3, -0.25) is 0 Å². The summed E-state index contributed by atoms with van der Waals surface area (Å²) in [6.07, 6.45) is 3.74. The van der Waals surface area contributed by atoms with Crippen LogP contribution in [0.3, 0.4) is 0 Å². The zero-order chi connectivity index (χ0) is 11.1. The molecule has 1 saturated carbocycles. The number of halogens is 1. The molecule has 2 aromatic rings. The van der Waals surface area contributed by atoms with E-state index >= 15 is 0 Å². The molecule has 0 amide bonds. The van der Waals surface area contributed by atoms with Crippen molar-refractivity contribution in [2.24, 2.45) is 0 Å². The van der Waals surface area contributed by atoms with Crippen LogP contribution >= 0.6 is 11.6 Å². The van der Waals surface area contributed by atoms with Crippen molar-refractivity contribution >= 4 is 17.4 Å². The van der Waals surface area contributed by atoms with Crippen molar-refractivity contribution in [3.05, 3.63) is 23.1 Å². The number of nitrogen functional groups attached to an aromatic ring is 1. The van der Waals surface area contributed by atoms with Gasteiger partial charge in [-0.25, -0.2) is 9.97 Å². The molecule has 5 nitrogen and oxygen atoms in total. The van der Waals surface area contributed by atoms with Crippen LogP contribution in [0.4, 0.5) is 5.82 Å². The van der Waals surface area contributed by atoms with E-state index in [0.29, 0.717) is 23.2 Å². The standard InChI is InChI=1S/C10H9ClN4O/c11-8-4-13-10(12)9(14-8)7-3-6(15-16-7)5-1-2-5/h3-5H,1-2H2,(H2,12,13). The molecule has 82 valence electrons. The molecule has 0 aromatic carbocycles. The molecular weight excluding hydrogens is 228 g/mol. The molecule has 16 heavy (non-hydrogen) atoms. The van der Waals surface area contributed by atoms with Gasteiger partial charge in [-0.2, -0.15) is 0 Å². The highest BCUT2D eigenvalue weighted by Crippen LogP contribution is 2.40. The number of hydrogen-bond donors (Lipinski definition) is 1. The Morgan fingerprint density at radius 2 is 2.25 bits per heavy atom. The van der Waals surface area contributed by atoms with Crippen LogP contribution in [0.2, 0.25) is 5.15 Å². The molecule has 6 heteroatoms. The van der Waals surface area contributed by atoms with Crippen LogP contribution < -0.4 is 5.73 Å². The van der Waals surface area contributed by atoms with E-state index in [0.717, 1.165) is 5.69 Å². The van der Waals surface area contributed by atoms with Crippen LogP contribution in [0.15, 0.2) is 16.8 Å². The number of aromatic nitrogens is 3. The molecule has 2 heterocycles. The van der Waals surface area contributed by atoms with Gasteiger partial charge in [0.25, 0.3) is 0 Å². The maximum absolute atomic E-state index is 5.76. The molecule has 0 aliphatic heterocycles. The van der Waals surface area contributed by atoms with Crippen molar-refractivity contribution in [3.8, 4) is 11.5 Å². The lowest BCUT2D eigenvalue weighted by atomic mass is 10.2. The van der Waals surface area contributed by atoms with Gasteiger partial charge < -0.3 is 10.3 Å². The van der Waals surface area contributed by atoms with Gasteiger partial charge in [-0.05, 0) is 12.8 Å². The normalized spacial score (nSPS) is 15.3. The average Bonchev–Trinajstić information content (AvgIpc) is 3.01. The average molecular weight is 237 g/mol. The molecule has 0 unspecified atom stereocenters. The van der Waals surface area contributed by atoms with Gasteiger partial charge >= 0.3 is 0 Å². The SMILES string of the molecule is Nc1ncc(Cl)nc1-c1cc(C2CC2)no1. The fourth-order valence-electron chi connectivity index (χ4n) is 1.53. The Morgan fingerprint density at radius 1 is 1.44 bits per heavy atom. The van der Waals surface area contributed by atoms with E-state index in [4.69, 9.17) is 21.9 Å². The first-order valence-corrected chi connectivity index (χ1v) is 5.37. The molecule has 2 N–H and O–H groups in total. The molecule has 3 rings (SSSR count). The lowest BCUT2D eigenvalue weighted by Crippen LogP contribution is -1.96. The summed E-state index contributed by atoms with van der Waals surface area (Å²) in [4.78, 5) is 8.00. The number of hydrogen-bond acceptors (Lipinski definition) is 5. The lowest BCUT2D eigenvalue weighted by molar-refractivity contribution is 0.422. The maximum Gasteiger partial charge on any atom is 0.189 e. The van der Waals surface area contributed by atoms with E-state index in [1.165, 1.54) is 19.0 Å². The molecular formula is C10H9ClN4O. The maximum atomic E-state index is 5.76. The largest absolute Gasteiger partial charge is 0.382 e. The zero-order valence-corrected chi connectivity index (χ0v) is 9.11. The van der Waals surface area contributed by atoms with Crippen molar-refractivity contribution in [2.45, 2.75) is 18.8 Å². The van der Waals surface area contributed by atoms with Crippen molar-refractivity contribution in [1.29, 1.82) is 0 Å². The highest BCUT2D eigenvalue weighted by molar-refractivity contribution is 6.29. The summed E-state index contributed by atoms with van der Waals surface area (Å²) in [6, 6.07) is 1.86. The predicted molar refractivity (Wildman–Crippen MR) is 58.9 cm³/mol. The van der Waals surface area contributed by atoms with E-state index in [1.54, 1.807) is 0 Å². The molecule has 0 saturated heterocycles. The van der Waals surface area contributed by atoms with Crippen LogP contribution in [0.25, 0.3) is 11.5 Å². The second-order valence-electron chi connectivity index (χ2n) is 3.82. The summed E-state index contributed by atoms with van der Waals surface area (Å²) >= 11 is 5.76. The minimum absolute atomic E-state index is 0.286. The summed E-state index contributed by atoms with van der Waals surface area (Å²) in [5, 5.41) is 4.27. The molecule has 1 aliphatic carbocycles. The second-order valence-corrected chi connectivity index (χ2v) is 4.20. The summed E-state index contributed by atoms with van der Waals surface area (Å²) in [5.41, 5.74) is 7.11. The van der Waals surface area contributed by atoms with E-state index < -0.39 is 0 Å². The zero-order valence-electron chi connectivity index (χ0n) is 8.35. The third-order valence-corrected chi connectivity index (χ3v) is 2.71. The Kier molecular flexibility index (Phi) is 2.07. The number of anilines is 1. The summed E-state index contributed by atoms with van der Waals surface area (Å²) < 4.78 is 5.20. The third-order valence-electron chi connectivity index (χ3n) is 2.53. The fourth-order valence-corrected chi connectivity index (χ4v) is 1.66. The third kappa shape index (κ3) is 1.63. The monoisotopic (exact) mass is 236 g/mol. The molecule has 0 spiro atoms. The van der Waals surface area contributed by atoms with Gasteiger partial charge in [0.2, 0.25) is 0 Å². The van der Waals surface area contributed by atoms with Crippen molar-refractivity contribution < 1.29 is 4.52 Å². The quantitative estimate of drug-likeness (QED) is 0.865. The van der Waals surface area contributed by atoms with Crippen molar-refractivity contribution in [1.82, 2.24) is 15.1 Å². The first-order chi connectivity index (χ1) is 7.74. The Hall–Kier alpha value is -1.62. The first kappa shape index (κ1) is 9.59. The van der Waals surface area contributed by atoms with E-state index in [2.05, 4.69) is 15.1 Å². The molecule has 1 aliphatic rings. The minimum atomic E-state index is 0.286. The van der Waals surface area contributed by atoms with Crippen LogP contribution in [0.5, 0.6) is 0 Å².